The molecule has 166 valence electrons. The molecule has 2 N–H and O–H groups in total. The first-order chi connectivity index (χ1) is 14.7. The third kappa shape index (κ3) is 4.85. The second kappa shape index (κ2) is 8.51. The Bertz CT molecular complexity index is 1060. The summed E-state index contributed by atoms with van der Waals surface area (Å²) in [4.78, 5) is 10.2. The summed E-state index contributed by atoms with van der Waals surface area (Å²) in [5, 5.41) is 9.52. The van der Waals surface area contributed by atoms with Gasteiger partial charge >= 0.3 is 6.18 Å². The van der Waals surface area contributed by atoms with Crippen LogP contribution in [0.2, 0.25) is 0 Å². The summed E-state index contributed by atoms with van der Waals surface area (Å²) < 4.78 is 45.8. The number of pyridine rings is 1. The molecule has 0 spiro atoms. The lowest BCUT2D eigenvalue weighted by atomic mass is 10.1. The van der Waals surface area contributed by atoms with Gasteiger partial charge < -0.3 is 14.8 Å². The number of likely N-dealkylation sites (tertiary alicyclic amines) is 1. The number of aromatic nitrogens is 2. The molecule has 2 aromatic heterocycles. The fourth-order valence-electron chi connectivity index (χ4n) is 4.09. The number of rotatable bonds is 6. The molecule has 1 aromatic carbocycles. The second-order valence-corrected chi connectivity index (χ2v) is 8.28. The summed E-state index contributed by atoms with van der Waals surface area (Å²) in [7, 11) is 0. The molecule has 0 amide bonds. The maximum Gasteiger partial charge on any atom is 0.416 e. The van der Waals surface area contributed by atoms with Gasteiger partial charge in [0.25, 0.3) is 0 Å². The Morgan fingerprint density at radius 1 is 1.23 bits per heavy atom. The fourth-order valence-corrected chi connectivity index (χ4v) is 4.09. The van der Waals surface area contributed by atoms with E-state index in [4.69, 9.17) is 4.74 Å². The third-order valence-corrected chi connectivity index (χ3v) is 5.52. The standard InChI is InChI=1S/C23H26F3N3O2/c1-14(2)31-19-9-15(8-16(10-19)23(24,25)26)20-5-6-21-22(28-20)11-17(27-21)12-29-7-3-4-18(29)13-30/h5-6,8-11,14,18,27,30H,3-4,7,12-13H2,1-2H3/t18-/m1/s1. The van der Waals surface area contributed by atoms with Crippen molar-refractivity contribution < 1.29 is 23.0 Å². The van der Waals surface area contributed by atoms with Gasteiger partial charge in [0.15, 0.2) is 0 Å². The van der Waals surface area contributed by atoms with Gasteiger partial charge in [0, 0.05) is 23.8 Å². The molecule has 0 bridgehead atoms. The number of H-pyrrole nitrogens is 1. The van der Waals surface area contributed by atoms with E-state index in [1.807, 2.05) is 12.1 Å². The van der Waals surface area contributed by atoms with Gasteiger partial charge in [0.1, 0.15) is 5.75 Å². The van der Waals surface area contributed by atoms with Crippen molar-refractivity contribution in [3.8, 4) is 17.0 Å². The van der Waals surface area contributed by atoms with Crippen LogP contribution in [-0.2, 0) is 12.7 Å². The normalized spacial score (nSPS) is 17.7. The van der Waals surface area contributed by atoms with E-state index in [1.165, 1.54) is 0 Å². The van der Waals surface area contributed by atoms with Crippen LogP contribution in [0.4, 0.5) is 13.2 Å². The van der Waals surface area contributed by atoms with E-state index in [0.29, 0.717) is 23.3 Å². The molecule has 31 heavy (non-hydrogen) atoms. The van der Waals surface area contributed by atoms with E-state index in [1.54, 1.807) is 26.0 Å². The minimum atomic E-state index is -4.48. The van der Waals surface area contributed by atoms with Crippen molar-refractivity contribution in [2.75, 3.05) is 13.2 Å². The predicted molar refractivity (Wildman–Crippen MR) is 113 cm³/mol. The minimum Gasteiger partial charge on any atom is -0.491 e. The molecule has 5 nitrogen and oxygen atoms in total. The number of aliphatic hydroxyl groups excluding tert-OH is 1. The maximum absolute atomic E-state index is 13.4. The van der Waals surface area contributed by atoms with Crippen molar-refractivity contribution in [1.29, 1.82) is 0 Å². The number of hydrogen-bond acceptors (Lipinski definition) is 4. The Kier molecular flexibility index (Phi) is 5.94. The van der Waals surface area contributed by atoms with Crippen LogP contribution >= 0.6 is 0 Å². The lowest BCUT2D eigenvalue weighted by Gasteiger charge is -2.21. The van der Waals surface area contributed by atoms with Crippen LogP contribution < -0.4 is 4.74 Å². The summed E-state index contributed by atoms with van der Waals surface area (Å²) in [5.41, 5.74) is 2.52. The average Bonchev–Trinajstić information content (AvgIpc) is 3.31. The Balaban J connectivity index is 1.66. The molecule has 8 heteroatoms. The van der Waals surface area contributed by atoms with E-state index in [0.717, 1.165) is 42.7 Å². The molecule has 1 fully saturated rings. The van der Waals surface area contributed by atoms with Crippen LogP contribution in [0, 0.1) is 0 Å². The van der Waals surface area contributed by atoms with Gasteiger partial charge in [0.2, 0.25) is 0 Å². The zero-order valence-electron chi connectivity index (χ0n) is 17.5. The van der Waals surface area contributed by atoms with Gasteiger partial charge in [-0.25, -0.2) is 4.98 Å². The Labute approximate surface area is 178 Å². The second-order valence-electron chi connectivity index (χ2n) is 8.28. The van der Waals surface area contributed by atoms with Crippen molar-refractivity contribution in [1.82, 2.24) is 14.9 Å². The quantitative estimate of drug-likeness (QED) is 0.575. The largest absolute Gasteiger partial charge is 0.491 e. The third-order valence-electron chi connectivity index (χ3n) is 5.52. The fraction of sp³-hybridized carbons (Fsp3) is 0.435. The lowest BCUT2D eigenvalue weighted by molar-refractivity contribution is -0.137. The molecular weight excluding hydrogens is 407 g/mol. The lowest BCUT2D eigenvalue weighted by Crippen LogP contribution is -2.31. The van der Waals surface area contributed by atoms with Gasteiger partial charge in [-0.1, -0.05) is 0 Å². The monoisotopic (exact) mass is 433 g/mol. The van der Waals surface area contributed by atoms with Crippen molar-refractivity contribution >= 4 is 11.0 Å². The molecule has 0 unspecified atom stereocenters. The number of fused-ring (bicyclic) bond motifs is 1. The number of halogens is 3. The zero-order chi connectivity index (χ0) is 22.2. The Hall–Kier alpha value is -2.58. The molecular formula is C23H26F3N3O2. The van der Waals surface area contributed by atoms with Crippen molar-refractivity contribution in [3.05, 3.63) is 47.7 Å². The van der Waals surface area contributed by atoms with Crippen LogP contribution in [0.3, 0.4) is 0 Å². The van der Waals surface area contributed by atoms with Crippen LogP contribution in [-0.4, -0.2) is 45.3 Å². The number of hydrogen-bond donors (Lipinski definition) is 2. The highest BCUT2D eigenvalue weighted by Crippen LogP contribution is 2.36. The van der Waals surface area contributed by atoms with E-state index in [2.05, 4.69) is 14.9 Å². The summed E-state index contributed by atoms with van der Waals surface area (Å²) in [6, 6.07) is 9.34. The van der Waals surface area contributed by atoms with E-state index in [-0.39, 0.29) is 24.5 Å². The zero-order valence-corrected chi connectivity index (χ0v) is 17.5. The molecule has 3 heterocycles. The number of nitrogens with zero attached hydrogens (tertiary/aromatic N) is 2. The summed E-state index contributed by atoms with van der Waals surface area (Å²) in [5.74, 6) is 0.167. The Morgan fingerprint density at radius 2 is 2.03 bits per heavy atom. The van der Waals surface area contributed by atoms with Crippen molar-refractivity contribution in [2.45, 2.75) is 51.6 Å². The predicted octanol–water partition coefficient (Wildman–Crippen LogP) is 4.99. The van der Waals surface area contributed by atoms with Gasteiger partial charge in [-0.3, -0.25) is 4.90 Å². The van der Waals surface area contributed by atoms with Crippen LogP contribution in [0.5, 0.6) is 5.75 Å². The van der Waals surface area contributed by atoms with Gasteiger partial charge in [-0.15, -0.1) is 0 Å². The Morgan fingerprint density at radius 3 is 2.74 bits per heavy atom. The highest BCUT2D eigenvalue weighted by Gasteiger charge is 2.32. The summed E-state index contributed by atoms with van der Waals surface area (Å²) in [6.45, 7) is 5.29. The molecule has 3 aromatic rings. The number of nitrogens with one attached hydrogen (secondary N) is 1. The molecule has 1 aliphatic heterocycles. The summed E-state index contributed by atoms with van der Waals surface area (Å²) in [6.07, 6.45) is -2.68. The maximum atomic E-state index is 13.4. The molecule has 0 radical (unpaired) electrons. The number of ether oxygens (including phenoxy) is 1. The SMILES string of the molecule is CC(C)Oc1cc(-c2ccc3[nH]c(CN4CCC[C@@H]4CO)cc3n2)cc(C(F)(F)F)c1. The molecule has 0 saturated carbocycles. The smallest absolute Gasteiger partial charge is 0.416 e. The molecule has 4 rings (SSSR count). The number of benzene rings is 1. The van der Waals surface area contributed by atoms with E-state index in [9.17, 15) is 18.3 Å². The molecule has 1 aliphatic rings. The highest BCUT2D eigenvalue weighted by molar-refractivity contribution is 5.80. The van der Waals surface area contributed by atoms with Crippen molar-refractivity contribution in [3.63, 3.8) is 0 Å². The van der Waals surface area contributed by atoms with Crippen LogP contribution in [0.1, 0.15) is 37.9 Å². The van der Waals surface area contributed by atoms with Gasteiger partial charge in [-0.05, 0) is 69.6 Å². The highest BCUT2D eigenvalue weighted by atomic mass is 19.4. The topological polar surface area (TPSA) is 61.4 Å². The minimum absolute atomic E-state index is 0.138. The summed E-state index contributed by atoms with van der Waals surface area (Å²) >= 11 is 0. The first-order valence-corrected chi connectivity index (χ1v) is 10.5. The average molecular weight is 433 g/mol. The van der Waals surface area contributed by atoms with Gasteiger partial charge in [-0.2, -0.15) is 13.2 Å². The van der Waals surface area contributed by atoms with Crippen molar-refractivity contribution in [2.24, 2.45) is 0 Å². The molecule has 1 atom stereocenters. The number of aliphatic hydroxyl groups is 1. The van der Waals surface area contributed by atoms with E-state index >= 15 is 0 Å². The van der Waals surface area contributed by atoms with Gasteiger partial charge in [0.05, 0.1) is 35.0 Å². The first kappa shape index (κ1) is 21.6. The first-order valence-electron chi connectivity index (χ1n) is 10.5. The number of aromatic amines is 1. The molecule has 0 aliphatic carbocycles. The molecule has 1 saturated heterocycles. The van der Waals surface area contributed by atoms with E-state index < -0.39 is 11.7 Å². The number of alkyl halides is 3. The van der Waals surface area contributed by atoms with Crippen LogP contribution in [0.15, 0.2) is 36.4 Å². The van der Waals surface area contributed by atoms with Crippen LogP contribution in [0.25, 0.3) is 22.3 Å².